The first-order chi connectivity index (χ1) is 12.0. The number of benzene rings is 1. The maximum Gasteiger partial charge on any atom is 0.255 e. The summed E-state index contributed by atoms with van der Waals surface area (Å²) < 4.78 is 0. The summed E-state index contributed by atoms with van der Waals surface area (Å²) in [6.45, 7) is 5.17. The zero-order valence-electron chi connectivity index (χ0n) is 14.9. The summed E-state index contributed by atoms with van der Waals surface area (Å²) in [4.78, 5) is 17.2. The Morgan fingerprint density at radius 2 is 1.96 bits per heavy atom. The molecular weight excluding hydrogens is 336 g/mol. The molecule has 3 fully saturated rings. The van der Waals surface area contributed by atoms with Gasteiger partial charge in [0.2, 0.25) is 0 Å². The van der Waals surface area contributed by atoms with E-state index < -0.39 is 5.60 Å². The van der Waals surface area contributed by atoms with Gasteiger partial charge < -0.3 is 14.9 Å². The van der Waals surface area contributed by atoms with Gasteiger partial charge >= 0.3 is 0 Å². The molecular formula is C20H27ClN2O2. The van der Waals surface area contributed by atoms with Crippen molar-refractivity contribution in [2.24, 2.45) is 11.8 Å². The van der Waals surface area contributed by atoms with E-state index >= 15 is 0 Å². The molecule has 1 aromatic carbocycles. The van der Waals surface area contributed by atoms with Crippen LogP contribution in [0.15, 0.2) is 18.2 Å². The fraction of sp³-hybridized carbons (Fsp3) is 0.650. The standard InChI is InChI=1S/C20H27ClN2O2/c1-14-12-23(13-20(14,25)15-5-6-15)19(24)17-11-16(7-8-18(17)21)22-9-3-2-4-10-22/h7-8,11,14-15,25H,2-6,9-10,12-13H2,1H3/t14-,20+/m1/s1. The van der Waals surface area contributed by atoms with Gasteiger partial charge in [0.15, 0.2) is 0 Å². The van der Waals surface area contributed by atoms with E-state index in [0.717, 1.165) is 31.6 Å². The lowest BCUT2D eigenvalue weighted by molar-refractivity contribution is -0.00364. The van der Waals surface area contributed by atoms with Crippen molar-refractivity contribution in [2.75, 3.05) is 31.1 Å². The van der Waals surface area contributed by atoms with Crippen LogP contribution in [-0.4, -0.2) is 47.7 Å². The molecule has 0 radical (unpaired) electrons. The highest BCUT2D eigenvalue weighted by Crippen LogP contribution is 2.47. The lowest BCUT2D eigenvalue weighted by Gasteiger charge is -2.29. The third-order valence-electron chi connectivity index (χ3n) is 6.26. The largest absolute Gasteiger partial charge is 0.387 e. The normalized spacial score (nSPS) is 30.0. The third kappa shape index (κ3) is 3.15. The molecule has 0 bridgehead atoms. The maximum atomic E-state index is 13.1. The molecule has 1 saturated carbocycles. The van der Waals surface area contributed by atoms with Gasteiger partial charge in [-0.25, -0.2) is 0 Å². The van der Waals surface area contributed by atoms with E-state index in [9.17, 15) is 9.90 Å². The molecule has 136 valence electrons. The third-order valence-corrected chi connectivity index (χ3v) is 6.59. The Morgan fingerprint density at radius 3 is 2.64 bits per heavy atom. The van der Waals surface area contributed by atoms with Crippen LogP contribution in [0, 0.1) is 11.8 Å². The van der Waals surface area contributed by atoms with E-state index in [1.165, 1.54) is 19.3 Å². The molecule has 25 heavy (non-hydrogen) atoms. The molecule has 4 rings (SSSR count). The van der Waals surface area contributed by atoms with Gasteiger partial charge in [0.1, 0.15) is 0 Å². The van der Waals surface area contributed by atoms with Crippen LogP contribution in [0.25, 0.3) is 0 Å². The van der Waals surface area contributed by atoms with E-state index in [2.05, 4.69) is 11.8 Å². The average Bonchev–Trinajstić information content (AvgIpc) is 3.43. The van der Waals surface area contributed by atoms with Crippen LogP contribution in [0.4, 0.5) is 5.69 Å². The van der Waals surface area contributed by atoms with Gasteiger partial charge in [0.05, 0.1) is 22.7 Å². The van der Waals surface area contributed by atoms with Crippen molar-refractivity contribution in [3.8, 4) is 0 Å². The van der Waals surface area contributed by atoms with Gasteiger partial charge in [-0.3, -0.25) is 4.79 Å². The summed E-state index contributed by atoms with van der Waals surface area (Å²) in [6, 6.07) is 5.79. The second-order valence-corrected chi connectivity index (χ2v) is 8.47. The number of anilines is 1. The summed E-state index contributed by atoms with van der Waals surface area (Å²) in [5.41, 5.74) is 0.932. The van der Waals surface area contributed by atoms with Crippen molar-refractivity contribution in [3.05, 3.63) is 28.8 Å². The number of carbonyl (C=O) groups excluding carboxylic acids is 1. The molecule has 1 aromatic rings. The minimum absolute atomic E-state index is 0.0488. The lowest BCUT2D eigenvalue weighted by atomic mass is 9.88. The van der Waals surface area contributed by atoms with Crippen LogP contribution in [0.2, 0.25) is 5.02 Å². The Morgan fingerprint density at radius 1 is 1.24 bits per heavy atom. The predicted molar refractivity (Wildman–Crippen MR) is 100 cm³/mol. The zero-order chi connectivity index (χ0) is 17.6. The second kappa shape index (κ2) is 6.48. The van der Waals surface area contributed by atoms with Gasteiger partial charge in [0.25, 0.3) is 5.91 Å². The average molecular weight is 363 g/mol. The van der Waals surface area contributed by atoms with Crippen molar-refractivity contribution in [3.63, 3.8) is 0 Å². The SMILES string of the molecule is C[C@@H]1CN(C(=O)c2cc(N3CCCCC3)ccc2Cl)C[C@@]1(O)C1CC1. The number of amides is 1. The van der Waals surface area contributed by atoms with Crippen LogP contribution in [0.1, 0.15) is 49.4 Å². The number of carbonyl (C=O) groups is 1. The zero-order valence-corrected chi connectivity index (χ0v) is 15.6. The first kappa shape index (κ1) is 17.2. The molecule has 1 amide bonds. The van der Waals surface area contributed by atoms with Crippen LogP contribution < -0.4 is 4.90 Å². The Balaban J connectivity index is 1.55. The summed E-state index contributed by atoms with van der Waals surface area (Å²) in [5.74, 6) is 0.427. The highest BCUT2D eigenvalue weighted by molar-refractivity contribution is 6.34. The molecule has 0 aromatic heterocycles. The number of likely N-dealkylation sites (tertiary alicyclic amines) is 1. The van der Waals surface area contributed by atoms with E-state index in [-0.39, 0.29) is 11.8 Å². The molecule has 0 unspecified atom stereocenters. The molecule has 2 saturated heterocycles. The number of aliphatic hydroxyl groups is 1. The molecule has 1 aliphatic carbocycles. The van der Waals surface area contributed by atoms with Gasteiger partial charge in [0, 0.05) is 31.2 Å². The van der Waals surface area contributed by atoms with Crippen LogP contribution in [-0.2, 0) is 0 Å². The van der Waals surface area contributed by atoms with Crippen molar-refractivity contribution in [2.45, 2.75) is 44.6 Å². The second-order valence-electron chi connectivity index (χ2n) is 8.06. The van der Waals surface area contributed by atoms with Gasteiger partial charge in [-0.2, -0.15) is 0 Å². The lowest BCUT2D eigenvalue weighted by Crippen LogP contribution is -2.40. The molecule has 2 atom stereocenters. The topological polar surface area (TPSA) is 43.8 Å². The smallest absolute Gasteiger partial charge is 0.255 e. The molecule has 5 heteroatoms. The summed E-state index contributed by atoms with van der Waals surface area (Å²) >= 11 is 6.36. The quantitative estimate of drug-likeness (QED) is 0.894. The molecule has 3 aliphatic rings. The number of hydrogen-bond acceptors (Lipinski definition) is 3. The number of nitrogens with zero attached hydrogens (tertiary/aromatic N) is 2. The molecule has 2 aliphatic heterocycles. The number of piperidine rings is 1. The highest BCUT2D eigenvalue weighted by Gasteiger charge is 2.53. The van der Waals surface area contributed by atoms with Crippen LogP contribution in [0.5, 0.6) is 0 Å². The first-order valence-electron chi connectivity index (χ1n) is 9.55. The summed E-state index contributed by atoms with van der Waals surface area (Å²) in [7, 11) is 0. The highest BCUT2D eigenvalue weighted by atomic mass is 35.5. The minimum atomic E-state index is -0.716. The Labute approximate surface area is 154 Å². The minimum Gasteiger partial charge on any atom is -0.387 e. The summed E-state index contributed by atoms with van der Waals surface area (Å²) in [6.07, 6.45) is 5.83. The van der Waals surface area contributed by atoms with Crippen molar-refractivity contribution < 1.29 is 9.90 Å². The fourth-order valence-electron chi connectivity index (χ4n) is 4.48. The molecule has 0 spiro atoms. The Kier molecular flexibility index (Phi) is 4.45. The monoisotopic (exact) mass is 362 g/mol. The first-order valence-corrected chi connectivity index (χ1v) is 9.93. The molecule has 1 N–H and O–H groups in total. The van der Waals surface area contributed by atoms with Gasteiger partial charge in [-0.1, -0.05) is 18.5 Å². The Hall–Kier alpha value is -1.26. The number of halogens is 1. The van der Waals surface area contributed by atoms with Crippen LogP contribution >= 0.6 is 11.6 Å². The number of hydrogen-bond donors (Lipinski definition) is 1. The van der Waals surface area contributed by atoms with Crippen molar-refractivity contribution in [1.82, 2.24) is 4.90 Å². The maximum absolute atomic E-state index is 13.1. The van der Waals surface area contributed by atoms with Crippen molar-refractivity contribution >= 4 is 23.2 Å². The van der Waals surface area contributed by atoms with Crippen molar-refractivity contribution in [1.29, 1.82) is 0 Å². The van der Waals surface area contributed by atoms with E-state index in [1.54, 1.807) is 4.90 Å². The van der Waals surface area contributed by atoms with Crippen LogP contribution in [0.3, 0.4) is 0 Å². The number of rotatable bonds is 3. The van der Waals surface area contributed by atoms with E-state index in [0.29, 0.717) is 29.6 Å². The van der Waals surface area contributed by atoms with E-state index in [4.69, 9.17) is 11.6 Å². The molecule has 2 heterocycles. The number of β-amino-alcohol motifs (C(OH)–C–C–N with tert-alkyl or cyclic N) is 1. The summed E-state index contributed by atoms with van der Waals surface area (Å²) in [5, 5.41) is 11.5. The van der Waals surface area contributed by atoms with Gasteiger partial charge in [-0.05, 0) is 56.2 Å². The van der Waals surface area contributed by atoms with Gasteiger partial charge in [-0.15, -0.1) is 0 Å². The van der Waals surface area contributed by atoms with E-state index in [1.807, 2.05) is 18.2 Å². The predicted octanol–water partition coefficient (Wildman–Crippen LogP) is 3.56. The fourth-order valence-corrected chi connectivity index (χ4v) is 4.68. The molecule has 4 nitrogen and oxygen atoms in total. The Bertz CT molecular complexity index is 670.